The number of hydrogen-bond donors (Lipinski definition) is 2. The topological polar surface area (TPSA) is 74.6 Å². The van der Waals surface area contributed by atoms with E-state index in [1.54, 1.807) is 60.7 Å². The van der Waals surface area contributed by atoms with Crippen LogP contribution in [0, 0.1) is 0 Å². The Labute approximate surface area is 224 Å². The summed E-state index contributed by atoms with van der Waals surface area (Å²) in [6, 6.07) is 49.5. The molecule has 5 rings (SSSR count). The molecule has 0 aromatic heterocycles. The van der Waals surface area contributed by atoms with Gasteiger partial charge in [0.1, 0.15) is 0 Å². The average Bonchev–Trinajstić information content (AvgIpc) is 2.97. The molecule has 0 fully saturated rings. The first-order valence-corrected chi connectivity index (χ1v) is 15.4. The first-order chi connectivity index (χ1) is 18.1. The molecule has 0 atom stereocenters. The summed E-state index contributed by atoms with van der Waals surface area (Å²) in [6.45, 7) is 0. The van der Waals surface area contributed by atoms with Gasteiger partial charge in [-0.1, -0.05) is 36.4 Å². The quantitative estimate of drug-likeness (QED) is 0.281. The molecule has 5 aromatic carbocycles. The van der Waals surface area contributed by atoms with Crippen LogP contribution in [0.4, 0.5) is 0 Å². The Hall–Kier alpha value is -4.14. The second kappa shape index (κ2) is 15.1. The van der Waals surface area contributed by atoms with Crippen LogP contribution < -0.4 is 10.5 Å². The standard InChI is InChI=1S/2C7H6O2.3C6H5.Sb/c2*8-7(9)6-4-2-1-3-5-6;3*1-2-4-6-5-3-1;/h2*1-5H,(H,8,9);3*1-5H;. The third-order valence-corrected chi connectivity index (χ3v) is 12.1. The van der Waals surface area contributed by atoms with Crippen molar-refractivity contribution in [2.24, 2.45) is 0 Å². The molecule has 0 aliphatic carbocycles. The Morgan fingerprint density at radius 2 is 0.595 bits per heavy atom. The maximum atomic E-state index is 10.2. The molecule has 0 aliphatic rings. The second-order valence-corrected chi connectivity index (χ2v) is 14.0. The SMILES string of the molecule is O=C(O)c1ccccc1.O=C(O)c1ccccc1.c1cc[c]([Sb]([c]2ccccc2)[c]2ccccc2)cc1. The van der Waals surface area contributed by atoms with Crippen LogP contribution in [0.5, 0.6) is 0 Å². The van der Waals surface area contributed by atoms with Gasteiger partial charge in [0.15, 0.2) is 0 Å². The minimum absolute atomic E-state index is 0.331. The first-order valence-electron chi connectivity index (χ1n) is 11.6. The van der Waals surface area contributed by atoms with Gasteiger partial charge >= 0.3 is 134 Å². The van der Waals surface area contributed by atoms with Gasteiger partial charge < -0.3 is 10.2 Å². The van der Waals surface area contributed by atoms with E-state index in [9.17, 15) is 9.59 Å². The molecule has 0 radical (unpaired) electrons. The third kappa shape index (κ3) is 9.10. The van der Waals surface area contributed by atoms with Crippen LogP contribution in [0.15, 0.2) is 152 Å². The van der Waals surface area contributed by atoms with Crippen LogP contribution >= 0.6 is 0 Å². The van der Waals surface area contributed by atoms with Crippen molar-refractivity contribution in [1.29, 1.82) is 0 Å². The van der Waals surface area contributed by atoms with E-state index in [0.717, 1.165) is 0 Å². The molecule has 0 amide bonds. The monoisotopic (exact) mass is 596 g/mol. The van der Waals surface area contributed by atoms with Crippen LogP contribution in [0.25, 0.3) is 0 Å². The van der Waals surface area contributed by atoms with Gasteiger partial charge in [-0.3, -0.25) is 0 Å². The van der Waals surface area contributed by atoms with Crippen molar-refractivity contribution >= 4 is 42.7 Å². The van der Waals surface area contributed by atoms with Crippen molar-refractivity contribution in [3.63, 3.8) is 0 Å². The fraction of sp³-hybridized carbons (Fsp3) is 0. The number of carboxylic acid groups (broad SMARTS) is 2. The molecule has 37 heavy (non-hydrogen) atoms. The molecule has 4 nitrogen and oxygen atoms in total. The third-order valence-electron chi connectivity index (χ3n) is 5.08. The van der Waals surface area contributed by atoms with E-state index < -0.39 is 32.1 Å². The Morgan fingerprint density at radius 1 is 0.378 bits per heavy atom. The van der Waals surface area contributed by atoms with Gasteiger partial charge in [0.05, 0.1) is 11.1 Å². The number of benzene rings is 5. The summed E-state index contributed by atoms with van der Waals surface area (Å²) in [5.74, 6) is -1.76. The van der Waals surface area contributed by atoms with Crippen molar-refractivity contribution in [2.75, 3.05) is 0 Å². The van der Waals surface area contributed by atoms with Gasteiger partial charge in [-0.25, -0.2) is 9.59 Å². The van der Waals surface area contributed by atoms with Crippen molar-refractivity contribution in [3.05, 3.63) is 163 Å². The Bertz CT molecular complexity index is 1200. The molecule has 0 bridgehead atoms. The normalized spacial score (nSPS) is 9.76. The summed E-state index contributed by atoms with van der Waals surface area (Å²) in [7, 11) is 0. The van der Waals surface area contributed by atoms with Gasteiger partial charge in [0, 0.05) is 0 Å². The predicted octanol–water partition coefficient (Wildman–Crippen LogP) is 4.97. The minimum atomic E-state index is -1.83. The Kier molecular flexibility index (Phi) is 11.2. The van der Waals surface area contributed by atoms with E-state index >= 15 is 0 Å². The zero-order chi connectivity index (χ0) is 26.3. The summed E-state index contributed by atoms with van der Waals surface area (Å²) in [4.78, 5) is 20.4. The fourth-order valence-electron chi connectivity index (χ4n) is 3.34. The van der Waals surface area contributed by atoms with E-state index in [2.05, 4.69) is 91.0 Å². The van der Waals surface area contributed by atoms with E-state index in [1.165, 1.54) is 10.5 Å². The molecule has 5 aromatic rings. The zero-order valence-electron chi connectivity index (χ0n) is 20.1. The van der Waals surface area contributed by atoms with Crippen LogP contribution in [-0.2, 0) is 0 Å². The van der Waals surface area contributed by atoms with Crippen LogP contribution in [0.1, 0.15) is 20.7 Å². The summed E-state index contributed by atoms with van der Waals surface area (Å²) >= 11 is -1.83. The average molecular weight is 597 g/mol. The van der Waals surface area contributed by atoms with Crippen molar-refractivity contribution < 1.29 is 19.8 Å². The van der Waals surface area contributed by atoms with E-state index in [-0.39, 0.29) is 0 Å². The van der Waals surface area contributed by atoms with E-state index in [0.29, 0.717) is 11.1 Å². The number of hydrogen-bond acceptors (Lipinski definition) is 2. The van der Waals surface area contributed by atoms with Crippen LogP contribution in [0.3, 0.4) is 0 Å². The molecular weight excluding hydrogens is 570 g/mol. The molecule has 0 saturated heterocycles. The molecule has 0 aliphatic heterocycles. The van der Waals surface area contributed by atoms with Crippen LogP contribution in [0.2, 0.25) is 0 Å². The molecule has 2 N–H and O–H groups in total. The fourth-order valence-corrected chi connectivity index (χ4v) is 9.92. The predicted molar refractivity (Wildman–Crippen MR) is 151 cm³/mol. The van der Waals surface area contributed by atoms with Crippen molar-refractivity contribution in [1.82, 2.24) is 0 Å². The van der Waals surface area contributed by atoms with Gasteiger partial charge in [-0.05, 0) is 24.3 Å². The van der Waals surface area contributed by atoms with Crippen molar-refractivity contribution in [2.45, 2.75) is 0 Å². The number of aromatic carboxylic acids is 2. The molecular formula is C32H27O4Sb. The number of carboxylic acids is 2. The van der Waals surface area contributed by atoms with Crippen LogP contribution in [-0.4, -0.2) is 42.4 Å². The summed E-state index contributed by atoms with van der Waals surface area (Å²) in [5, 5.41) is 16.8. The molecule has 0 saturated carbocycles. The van der Waals surface area contributed by atoms with Crippen molar-refractivity contribution in [3.8, 4) is 0 Å². The van der Waals surface area contributed by atoms with Gasteiger partial charge in [-0.2, -0.15) is 0 Å². The molecule has 0 unspecified atom stereocenters. The zero-order valence-corrected chi connectivity index (χ0v) is 22.6. The van der Waals surface area contributed by atoms with E-state index in [4.69, 9.17) is 10.2 Å². The maximum absolute atomic E-state index is 10.2. The molecule has 184 valence electrons. The Balaban J connectivity index is 0.000000176. The van der Waals surface area contributed by atoms with Gasteiger partial charge in [-0.15, -0.1) is 0 Å². The molecule has 5 heteroatoms. The summed E-state index contributed by atoms with van der Waals surface area (Å²) in [6.07, 6.45) is 0. The summed E-state index contributed by atoms with van der Waals surface area (Å²) < 4.78 is 4.55. The van der Waals surface area contributed by atoms with Gasteiger partial charge in [0.2, 0.25) is 0 Å². The molecule has 0 heterocycles. The van der Waals surface area contributed by atoms with Gasteiger partial charge in [0.25, 0.3) is 0 Å². The second-order valence-electron chi connectivity index (χ2n) is 7.68. The summed E-state index contributed by atoms with van der Waals surface area (Å²) in [5.41, 5.74) is 0.662. The Morgan fingerprint density at radius 3 is 0.784 bits per heavy atom. The number of rotatable bonds is 5. The molecule has 0 spiro atoms. The first kappa shape index (κ1) is 27.4. The van der Waals surface area contributed by atoms with E-state index in [1.807, 2.05) is 0 Å². The number of carbonyl (C=O) groups is 2.